The van der Waals surface area contributed by atoms with E-state index < -0.39 is 39.5 Å². The molecule has 0 aromatic heterocycles. The molecule has 2 amide bonds. The highest BCUT2D eigenvalue weighted by molar-refractivity contribution is 6.00. The molecule has 1 aliphatic heterocycles. The van der Waals surface area contributed by atoms with Crippen LogP contribution >= 0.6 is 0 Å². The van der Waals surface area contributed by atoms with Gasteiger partial charge in [-0.25, -0.2) is 13.2 Å². The highest BCUT2D eigenvalue weighted by Gasteiger charge is 2.45. The second-order valence-corrected chi connectivity index (χ2v) is 8.46. The van der Waals surface area contributed by atoms with Crippen LogP contribution in [0.1, 0.15) is 29.8 Å². The molecular weight excluding hydrogens is 457 g/mol. The molecule has 0 fully saturated rings. The Labute approximate surface area is 199 Å². The molecule has 0 bridgehead atoms. The molecule has 1 atom stereocenters. The Morgan fingerprint density at radius 1 is 0.800 bits per heavy atom. The summed E-state index contributed by atoms with van der Waals surface area (Å²) >= 11 is 0. The van der Waals surface area contributed by atoms with Crippen LogP contribution in [0.2, 0.25) is 0 Å². The van der Waals surface area contributed by atoms with E-state index in [9.17, 15) is 22.8 Å². The Kier molecular flexibility index (Phi) is 6.27. The fourth-order valence-electron chi connectivity index (χ4n) is 3.59. The van der Waals surface area contributed by atoms with Crippen LogP contribution in [0.25, 0.3) is 5.70 Å². The van der Waals surface area contributed by atoms with Crippen molar-refractivity contribution in [2.45, 2.75) is 19.4 Å². The van der Waals surface area contributed by atoms with Gasteiger partial charge in [-0.1, -0.05) is 5.10 Å². The van der Waals surface area contributed by atoms with Crippen molar-refractivity contribution in [2.24, 2.45) is 5.10 Å². The van der Waals surface area contributed by atoms with Gasteiger partial charge in [0.15, 0.2) is 11.4 Å². The summed E-state index contributed by atoms with van der Waals surface area (Å²) in [5.41, 5.74) is 3.05. The standard InChI is InChI=1S/C26H21F3N4O2/c1-26(2,31-24(34)18-5-9-20(28)10-6-18)25(35)32-33(22-13-11-21(29)12-14-22)23(15-16-30-33)17-3-7-19(27)8-4-17/h3-16H,1-2H3,(H-,31,32,34,35)/p+1. The van der Waals surface area contributed by atoms with Gasteiger partial charge in [-0.05, 0) is 79.2 Å². The highest BCUT2D eigenvalue weighted by Crippen LogP contribution is 2.36. The fraction of sp³-hybridized carbons (Fsp3) is 0.115. The molecule has 0 aliphatic carbocycles. The maximum Gasteiger partial charge on any atom is 0.293 e. The van der Waals surface area contributed by atoms with Crippen LogP contribution in [0.3, 0.4) is 0 Å². The number of allylic oxidation sites excluding steroid dienone is 1. The average Bonchev–Trinajstić information content (AvgIpc) is 3.24. The summed E-state index contributed by atoms with van der Waals surface area (Å²) in [7, 11) is 0. The Morgan fingerprint density at radius 2 is 1.31 bits per heavy atom. The molecule has 1 aliphatic rings. The van der Waals surface area contributed by atoms with E-state index in [4.69, 9.17) is 0 Å². The summed E-state index contributed by atoms with van der Waals surface area (Å²) in [6.07, 6.45) is 3.13. The van der Waals surface area contributed by atoms with Crippen molar-refractivity contribution in [1.82, 2.24) is 15.4 Å². The van der Waals surface area contributed by atoms with Gasteiger partial charge in [0.05, 0.1) is 6.21 Å². The van der Waals surface area contributed by atoms with E-state index in [1.165, 1.54) is 68.6 Å². The first kappa shape index (κ1) is 23.9. The summed E-state index contributed by atoms with van der Waals surface area (Å²) in [6, 6.07) is 16.0. The average molecular weight is 479 g/mol. The van der Waals surface area contributed by atoms with Crippen LogP contribution in [-0.2, 0) is 4.79 Å². The normalized spacial score (nSPS) is 17.1. The van der Waals surface area contributed by atoms with Crippen LogP contribution in [-0.4, -0.2) is 23.6 Å². The zero-order chi connectivity index (χ0) is 25.2. The smallest absolute Gasteiger partial charge is 0.293 e. The molecule has 1 unspecified atom stereocenters. The quantitative estimate of drug-likeness (QED) is 0.504. The first-order chi connectivity index (χ1) is 16.6. The molecule has 35 heavy (non-hydrogen) atoms. The van der Waals surface area contributed by atoms with Gasteiger partial charge in [0, 0.05) is 29.3 Å². The van der Waals surface area contributed by atoms with Gasteiger partial charge in [0.25, 0.3) is 11.8 Å². The highest BCUT2D eigenvalue weighted by atomic mass is 19.1. The number of carbonyl (C=O) groups excluding carboxylic acids is 2. The first-order valence-corrected chi connectivity index (χ1v) is 10.7. The minimum atomic E-state index is -1.43. The minimum absolute atomic E-state index is 0.181. The SMILES string of the molecule is CC(C)(NC(=O)c1ccc(F)cc1)C(=O)N[N+]1(c2ccc(F)cc2)N=CC=C1c1ccc(F)cc1. The molecule has 9 heteroatoms. The van der Waals surface area contributed by atoms with Crippen LogP contribution in [0.5, 0.6) is 0 Å². The minimum Gasteiger partial charge on any atom is -0.338 e. The number of halogens is 3. The lowest BCUT2D eigenvalue weighted by Gasteiger charge is -2.33. The third-order valence-electron chi connectivity index (χ3n) is 5.52. The Balaban J connectivity index is 1.67. The maximum atomic E-state index is 13.7. The Morgan fingerprint density at radius 3 is 1.89 bits per heavy atom. The molecule has 0 saturated heterocycles. The number of rotatable bonds is 6. The van der Waals surface area contributed by atoms with Crippen LogP contribution in [0.15, 0.2) is 84.0 Å². The van der Waals surface area contributed by atoms with Crippen molar-refractivity contribution in [2.75, 3.05) is 0 Å². The van der Waals surface area contributed by atoms with Crippen molar-refractivity contribution in [1.29, 1.82) is 0 Å². The van der Waals surface area contributed by atoms with E-state index in [1.807, 2.05) is 0 Å². The third kappa shape index (κ3) is 4.85. The number of hydrogen-bond donors (Lipinski definition) is 2. The van der Waals surface area contributed by atoms with E-state index in [0.29, 0.717) is 16.9 Å². The van der Waals surface area contributed by atoms with E-state index in [2.05, 4.69) is 15.8 Å². The number of benzene rings is 3. The summed E-state index contributed by atoms with van der Waals surface area (Å²) in [5.74, 6) is -2.57. The molecular formula is C26H22F3N4O2+. The molecule has 3 aromatic carbocycles. The predicted molar refractivity (Wildman–Crippen MR) is 127 cm³/mol. The topological polar surface area (TPSA) is 70.6 Å². The van der Waals surface area contributed by atoms with Crippen molar-refractivity contribution >= 4 is 29.4 Å². The molecule has 0 radical (unpaired) electrons. The fourth-order valence-corrected chi connectivity index (χ4v) is 3.59. The monoisotopic (exact) mass is 479 g/mol. The lowest BCUT2D eigenvalue weighted by atomic mass is 10.0. The predicted octanol–water partition coefficient (Wildman–Crippen LogP) is 4.69. The zero-order valence-corrected chi connectivity index (χ0v) is 18.9. The number of quaternary nitrogens is 1. The molecule has 0 spiro atoms. The van der Waals surface area contributed by atoms with Gasteiger partial charge >= 0.3 is 0 Å². The summed E-state index contributed by atoms with van der Waals surface area (Å²) in [6.45, 7) is 3.01. The van der Waals surface area contributed by atoms with Gasteiger partial charge in [-0.3, -0.25) is 9.59 Å². The molecule has 4 rings (SSSR count). The largest absolute Gasteiger partial charge is 0.338 e. The molecule has 0 saturated carbocycles. The maximum absolute atomic E-state index is 13.7. The number of amides is 2. The van der Waals surface area contributed by atoms with Gasteiger partial charge in [-0.15, -0.1) is 0 Å². The summed E-state index contributed by atoms with van der Waals surface area (Å²) in [5, 5.41) is 7.11. The Hall–Kier alpha value is -4.24. The number of nitrogens with one attached hydrogen (secondary N) is 2. The lowest BCUT2D eigenvalue weighted by Crippen LogP contribution is -2.64. The molecule has 6 nitrogen and oxygen atoms in total. The van der Waals surface area contributed by atoms with Crippen LogP contribution in [0, 0.1) is 17.5 Å². The third-order valence-corrected chi connectivity index (χ3v) is 5.52. The molecule has 2 N–H and O–H groups in total. The molecule has 1 heterocycles. The van der Waals surface area contributed by atoms with E-state index in [0.717, 1.165) is 12.1 Å². The van der Waals surface area contributed by atoms with Gasteiger partial charge in [0.1, 0.15) is 23.0 Å². The first-order valence-electron chi connectivity index (χ1n) is 10.7. The summed E-state index contributed by atoms with van der Waals surface area (Å²) < 4.78 is 39.9. The van der Waals surface area contributed by atoms with E-state index in [1.54, 1.807) is 18.2 Å². The number of carbonyl (C=O) groups is 2. The Bertz CT molecular complexity index is 1320. The second-order valence-electron chi connectivity index (χ2n) is 8.46. The van der Waals surface area contributed by atoms with Crippen molar-refractivity contribution in [3.8, 4) is 0 Å². The lowest BCUT2D eigenvalue weighted by molar-refractivity contribution is -0.129. The zero-order valence-electron chi connectivity index (χ0n) is 18.9. The van der Waals surface area contributed by atoms with Crippen molar-refractivity contribution < 1.29 is 22.8 Å². The van der Waals surface area contributed by atoms with Gasteiger partial charge < -0.3 is 5.32 Å². The van der Waals surface area contributed by atoms with Crippen LogP contribution in [0.4, 0.5) is 18.9 Å². The van der Waals surface area contributed by atoms with E-state index >= 15 is 0 Å². The van der Waals surface area contributed by atoms with Crippen molar-refractivity contribution in [3.63, 3.8) is 0 Å². The summed E-state index contributed by atoms with van der Waals surface area (Å²) in [4.78, 5) is 26.2. The number of nitrogens with zero attached hydrogens (tertiary/aromatic N) is 2. The van der Waals surface area contributed by atoms with Crippen molar-refractivity contribution in [3.05, 3.63) is 107 Å². The van der Waals surface area contributed by atoms with Crippen LogP contribution < -0.4 is 15.4 Å². The second kappa shape index (κ2) is 9.19. The number of hydrogen-bond acceptors (Lipinski definition) is 3. The van der Waals surface area contributed by atoms with Gasteiger partial charge in [-0.2, -0.15) is 5.43 Å². The van der Waals surface area contributed by atoms with E-state index in [-0.39, 0.29) is 5.56 Å². The van der Waals surface area contributed by atoms with Gasteiger partial charge in [0.2, 0.25) is 0 Å². The molecule has 178 valence electrons. The molecule has 3 aromatic rings.